The number of hydrogen-bond donors (Lipinski definition) is 0. The number of halogens is 2. The molecule has 0 unspecified atom stereocenters. The van der Waals surface area contributed by atoms with Gasteiger partial charge in [0.2, 0.25) is 0 Å². The van der Waals surface area contributed by atoms with E-state index in [2.05, 4.69) is 0 Å². The second-order valence-corrected chi connectivity index (χ2v) is 3.16. The monoisotopic (exact) mass is 203 g/mol. The van der Waals surface area contributed by atoms with E-state index in [1.165, 1.54) is 6.07 Å². The van der Waals surface area contributed by atoms with Gasteiger partial charge in [-0.25, -0.2) is 8.78 Å². The number of benzene rings is 2. The highest BCUT2D eigenvalue weighted by Gasteiger charge is 2.16. The first kappa shape index (κ1) is 9.60. The van der Waals surface area contributed by atoms with E-state index >= 15 is 0 Å². The van der Waals surface area contributed by atoms with Crippen LogP contribution >= 0.6 is 0 Å². The first-order chi connectivity index (χ1) is 7.24. The molecule has 74 valence electrons. The maximum atomic E-state index is 12.8. The molecule has 1 nitrogen and oxygen atoms in total. The molecule has 0 saturated carbocycles. The summed E-state index contributed by atoms with van der Waals surface area (Å²) in [7, 11) is 0. The third-order valence-electron chi connectivity index (χ3n) is 2.31. The van der Waals surface area contributed by atoms with E-state index in [4.69, 9.17) is 5.26 Å². The van der Waals surface area contributed by atoms with Gasteiger partial charge in [-0.3, -0.25) is 0 Å². The van der Waals surface area contributed by atoms with Gasteiger partial charge in [-0.15, -0.1) is 0 Å². The molecule has 2 rings (SSSR count). The minimum absolute atomic E-state index is 0.0451. The van der Waals surface area contributed by atoms with Gasteiger partial charge in [-0.05, 0) is 16.8 Å². The molecule has 3 heteroatoms. The molecule has 0 atom stereocenters. The Kier molecular flexibility index (Phi) is 2.34. The van der Waals surface area contributed by atoms with Crippen molar-refractivity contribution in [2.45, 2.75) is 6.43 Å². The molecule has 0 N–H and O–H groups in total. The van der Waals surface area contributed by atoms with Crippen molar-refractivity contribution in [3.8, 4) is 6.07 Å². The third-order valence-corrected chi connectivity index (χ3v) is 2.31. The summed E-state index contributed by atoms with van der Waals surface area (Å²) >= 11 is 0. The van der Waals surface area contributed by atoms with E-state index in [0.29, 0.717) is 5.39 Å². The van der Waals surface area contributed by atoms with Crippen LogP contribution in [-0.2, 0) is 0 Å². The maximum Gasteiger partial charge on any atom is 0.265 e. The summed E-state index contributed by atoms with van der Waals surface area (Å²) in [5, 5.41) is 9.92. The summed E-state index contributed by atoms with van der Waals surface area (Å²) < 4.78 is 25.6. The zero-order valence-electron chi connectivity index (χ0n) is 7.74. The largest absolute Gasteiger partial charge is 0.265 e. The smallest absolute Gasteiger partial charge is 0.205 e. The van der Waals surface area contributed by atoms with Crippen LogP contribution in [0.2, 0.25) is 0 Å². The van der Waals surface area contributed by atoms with Gasteiger partial charge in [0.1, 0.15) is 0 Å². The molecule has 0 aliphatic rings. The van der Waals surface area contributed by atoms with E-state index < -0.39 is 6.43 Å². The van der Waals surface area contributed by atoms with Gasteiger partial charge in [0, 0.05) is 5.56 Å². The molecule has 15 heavy (non-hydrogen) atoms. The van der Waals surface area contributed by atoms with Crippen LogP contribution in [0.3, 0.4) is 0 Å². The van der Waals surface area contributed by atoms with Gasteiger partial charge in [0.05, 0.1) is 11.6 Å². The Morgan fingerprint density at radius 3 is 2.47 bits per heavy atom. The Morgan fingerprint density at radius 1 is 1.07 bits per heavy atom. The minimum atomic E-state index is -2.62. The average molecular weight is 203 g/mol. The van der Waals surface area contributed by atoms with Gasteiger partial charge in [0.25, 0.3) is 6.43 Å². The van der Waals surface area contributed by atoms with Crippen molar-refractivity contribution in [2.24, 2.45) is 0 Å². The number of rotatable bonds is 1. The van der Waals surface area contributed by atoms with Crippen molar-refractivity contribution < 1.29 is 8.78 Å². The van der Waals surface area contributed by atoms with Gasteiger partial charge < -0.3 is 0 Å². The Labute approximate surface area is 85.6 Å². The summed E-state index contributed by atoms with van der Waals surface area (Å²) in [5.41, 5.74) is -0.126. The third kappa shape index (κ3) is 1.55. The fraction of sp³-hybridized carbons (Fsp3) is 0.0833. The highest BCUT2D eigenvalue weighted by atomic mass is 19.3. The zero-order chi connectivity index (χ0) is 10.8. The number of alkyl halides is 2. The van der Waals surface area contributed by atoms with Crippen LogP contribution in [0.5, 0.6) is 0 Å². The molecular formula is C12H7F2N. The standard InChI is InChI=1S/C12H7F2N/c13-12(14)11-9(7-15)6-5-8-3-1-2-4-10(8)11/h1-6,12H. The molecule has 0 heterocycles. The zero-order valence-corrected chi connectivity index (χ0v) is 7.74. The Morgan fingerprint density at radius 2 is 1.80 bits per heavy atom. The fourth-order valence-corrected chi connectivity index (χ4v) is 1.63. The summed E-state index contributed by atoms with van der Waals surface area (Å²) in [6.07, 6.45) is -2.62. The van der Waals surface area contributed by atoms with Crippen molar-refractivity contribution in [1.82, 2.24) is 0 Å². The summed E-state index contributed by atoms with van der Waals surface area (Å²) in [5.74, 6) is 0. The number of hydrogen-bond acceptors (Lipinski definition) is 1. The maximum absolute atomic E-state index is 12.8. The van der Waals surface area contributed by atoms with E-state index in [1.807, 2.05) is 0 Å². The van der Waals surface area contributed by atoms with Crippen LogP contribution in [0.1, 0.15) is 17.6 Å². The van der Waals surface area contributed by atoms with Gasteiger partial charge in [-0.1, -0.05) is 30.3 Å². The van der Waals surface area contributed by atoms with Crippen molar-refractivity contribution >= 4 is 10.8 Å². The lowest BCUT2D eigenvalue weighted by Gasteiger charge is -2.07. The number of fused-ring (bicyclic) bond motifs is 1. The first-order valence-corrected chi connectivity index (χ1v) is 4.44. The number of nitriles is 1. The lowest BCUT2D eigenvalue weighted by Crippen LogP contribution is -1.92. The van der Waals surface area contributed by atoms with Gasteiger partial charge in [0.15, 0.2) is 0 Å². The Bertz CT molecular complexity index is 541. The van der Waals surface area contributed by atoms with Crippen LogP contribution < -0.4 is 0 Å². The highest BCUT2D eigenvalue weighted by Crippen LogP contribution is 2.30. The van der Waals surface area contributed by atoms with Gasteiger partial charge >= 0.3 is 0 Å². The SMILES string of the molecule is N#Cc1ccc2ccccc2c1C(F)F. The molecule has 2 aromatic carbocycles. The fourth-order valence-electron chi connectivity index (χ4n) is 1.63. The molecule has 0 aromatic heterocycles. The first-order valence-electron chi connectivity index (χ1n) is 4.44. The second-order valence-electron chi connectivity index (χ2n) is 3.16. The van der Waals surface area contributed by atoms with Crippen molar-refractivity contribution in [3.63, 3.8) is 0 Å². The molecule has 0 radical (unpaired) electrons. The Balaban J connectivity index is 2.86. The van der Waals surface area contributed by atoms with Crippen LogP contribution in [0.15, 0.2) is 36.4 Å². The molecule has 0 spiro atoms. The van der Waals surface area contributed by atoms with Crippen LogP contribution in [0.4, 0.5) is 8.78 Å². The quantitative estimate of drug-likeness (QED) is 0.694. The lowest BCUT2D eigenvalue weighted by molar-refractivity contribution is 0.153. The lowest BCUT2D eigenvalue weighted by atomic mass is 10.00. The highest BCUT2D eigenvalue weighted by molar-refractivity contribution is 5.87. The number of nitrogens with zero attached hydrogens (tertiary/aromatic N) is 1. The van der Waals surface area contributed by atoms with Gasteiger partial charge in [-0.2, -0.15) is 5.26 Å². The summed E-state index contributed by atoms with van der Waals surface area (Å²) in [4.78, 5) is 0. The average Bonchev–Trinajstić information content (AvgIpc) is 2.27. The minimum Gasteiger partial charge on any atom is -0.205 e. The van der Waals surface area contributed by atoms with Crippen LogP contribution in [-0.4, -0.2) is 0 Å². The van der Waals surface area contributed by atoms with Crippen molar-refractivity contribution in [1.29, 1.82) is 5.26 Å². The molecule has 0 amide bonds. The summed E-state index contributed by atoms with van der Waals surface area (Å²) in [6.45, 7) is 0. The van der Waals surface area contributed by atoms with E-state index in [1.54, 1.807) is 36.4 Å². The molecule has 0 aliphatic heterocycles. The molecular weight excluding hydrogens is 196 g/mol. The van der Waals surface area contributed by atoms with E-state index in [0.717, 1.165) is 5.39 Å². The predicted molar refractivity (Wildman–Crippen MR) is 53.6 cm³/mol. The molecule has 0 saturated heterocycles. The Hall–Kier alpha value is -1.95. The van der Waals surface area contributed by atoms with E-state index in [9.17, 15) is 8.78 Å². The van der Waals surface area contributed by atoms with Crippen LogP contribution in [0, 0.1) is 11.3 Å². The molecule has 0 fully saturated rings. The summed E-state index contributed by atoms with van der Waals surface area (Å²) in [6, 6.07) is 11.7. The molecule has 0 bridgehead atoms. The second kappa shape index (κ2) is 3.66. The predicted octanol–water partition coefficient (Wildman–Crippen LogP) is 3.65. The van der Waals surface area contributed by atoms with Crippen molar-refractivity contribution in [3.05, 3.63) is 47.5 Å². The van der Waals surface area contributed by atoms with Crippen molar-refractivity contribution in [2.75, 3.05) is 0 Å². The molecule has 0 aliphatic carbocycles. The van der Waals surface area contributed by atoms with E-state index in [-0.39, 0.29) is 11.1 Å². The topological polar surface area (TPSA) is 23.8 Å². The molecule has 2 aromatic rings. The normalized spacial score (nSPS) is 10.5. The van der Waals surface area contributed by atoms with Crippen LogP contribution in [0.25, 0.3) is 10.8 Å².